The number of likely N-dealkylation sites (tertiary alicyclic amines) is 1. The number of hydrogen-bond donors (Lipinski definition) is 0. The second-order valence-electron chi connectivity index (χ2n) is 8.01. The predicted octanol–water partition coefficient (Wildman–Crippen LogP) is 3.61. The third-order valence-corrected chi connectivity index (χ3v) is 5.25. The van der Waals surface area contributed by atoms with E-state index in [0.717, 1.165) is 42.8 Å². The summed E-state index contributed by atoms with van der Waals surface area (Å²) in [4.78, 5) is 26.4. The Balaban J connectivity index is 2.07. The van der Waals surface area contributed by atoms with Crippen molar-refractivity contribution in [3.05, 3.63) is 28.6 Å². The molecule has 0 saturated carbocycles. The van der Waals surface area contributed by atoms with Gasteiger partial charge in [-0.15, -0.1) is 0 Å². The van der Waals surface area contributed by atoms with Crippen molar-refractivity contribution in [1.82, 2.24) is 9.47 Å². The SMILES string of the molecule is Cc1cc(C=C(C#N)C(=O)OCC(=O)N2CCCCC2C)c(C)n1CC(C)C. The first-order valence-electron chi connectivity index (χ1n) is 9.99. The number of aryl methyl sites for hydroxylation is 1. The molecular weight excluding hydrogens is 354 g/mol. The molecule has 1 amide bonds. The third kappa shape index (κ3) is 5.25. The van der Waals surface area contributed by atoms with Crippen LogP contribution in [0.25, 0.3) is 6.08 Å². The first kappa shape index (κ1) is 21.7. The van der Waals surface area contributed by atoms with Gasteiger partial charge in [0.2, 0.25) is 0 Å². The number of nitrogens with zero attached hydrogens (tertiary/aromatic N) is 3. The molecule has 0 aliphatic carbocycles. The average molecular weight is 386 g/mol. The quantitative estimate of drug-likeness (QED) is 0.426. The van der Waals surface area contributed by atoms with Gasteiger partial charge in [-0.25, -0.2) is 4.79 Å². The van der Waals surface area contributed by atoms with Crippen molar-refractivity contribution in [1.29, 1.82) is 5.26 Å². The highest BCUT2D eigenvalue weighted by Gasteiger charge is 2.24. The van der Waals surface area contributed by atoms with Crippen LogP contribution in [0.2, 0.25) is 0 Å². The van der Waals surface area contributed by atoms with Crippen LogP contribution in [0, 0.1) is 31.1 Å². The zero-order valence-electron chi connectivity index (χ0n) is 17.6. The fraction of sp³-hybridized carbons (Fsp3) is 0.591. The smallest absolute Gasteiger partial charge is 0.349 e. The molecule has 1 saturated heterocycles. The van der Waals surface area contributed by atoms with Crippen LogP contribution in [0.5, 0.6) is 0 Å². The van der Waals surface area contributed by atoms with Crippen molar-refractivity contribution < 1.29 is 14.3 Å². The van der Waals surface area contributed by atoms with Crippen molar-refractivity contribution >= 4 is 18.0 Å². The Kier molecular flexibility index (Phi) is 7.45. The number of carbonyl (C=O) groups excluding carboxylic acids is 2. The Bertz CT molecular complexity index is 799. The lowest BCUT2D eigenvalue weighted by Gasteiger charge is -2.33. The molecule has 1 aliphatic rings. The number of aromatic nitrogens is 1. The van der Waals surface area contributed by atoms with Gasteiger partial charge in [0, 0.05) is 30.5 Å². The molecule has 0 N–H and O–H groups in total. The van der Waals surface area contributed by atoms with E-state index in [9.17, 15) is 14.9 Å². The molecule has 0 bridgehead atoms. The van der Waals surface area contributed by atoms with Gasteiger partial charge in [-0.05, 0) is 63.7 Å². The van der Waals surface area contributed by atoms with Gasteiger partial charge in [0.1, 0.15) is 11.6 Å². The second-order valence-corrected chi connectivity index (χ2v) is 8.01. The number of ether oxygens (including phenoxy) is 1. The van der Waals surface area contributed by atoms with Crippen LogP contribution in [-0.2, 0) is 20.9 Å². The number of esters is 1. The minimum atomic E-state index is -0.755. The summed E-state index contributed by atoms with van der Waals surface area (Å²) in [5, 5.41) is 9.40. The Morgan fingerprint density at radius 1 is 1.36 bits per heavy atom. The third-order valence-electron chi connectivity index (χ3n) is 5.25. The summed E-state index contributed by atoms with van der Waals surface area (Å²) in [5.74, 6) is -0.465. The van der Waals surface area contributed by atoms with Gasteiger partial charge in [0.05, 0.1) is 0 Å². The van der Waals surface area contributed by atoms with Crippen LogP contribution >= 0.6 is 0 Å². The molecule has 28 heavy (non-hydrogen) atoms. The van der Waals surface area contributed by atoms with E-state index < -0.39 is 5.97 Å². The lowest BCUT2D eigenvalue weighted by molar-refractivity contribution is -0.150. The molecule has 1 fully saturated rings. The molecule has 1 aliphatic heterocycles. The lowest BCUT2D eigenvalue weighted by atomic mass is 10.0. The van der Waals surface area contributed by atoms with Crippen LogP contribution in [0.15, 0.2) is 11.6 Å². The maximum Gasteiger partial charge on any atom is 0.349 e. The zero-order chi connectivity index (χ0) is 20.8. The number of carbonyl (C=O) groups is 2. The number of piperidine rings is 1. The summed E-state index contributed by atoms with van der Waals surface area (Å²) in [6.45, 7) is 11.5. The van der Waals surface area contributed by atoms with Gasteiger partial charge in [-0.1, -0.05) is 13.8 Å². The van der Waals surface area contributed by atoms with Crippen molar-refractivity contribution in [2.75, 3.05) is 13.2 Å². The molecule has 1 atom stereocenters. The first-order valence-corrected chi connectivity index (χ1v) is 9.99. The summed E-state index contributed by atoms with van der Waals surface area (Å²) < 4.78 is 7.32. The summed E-state index contributed by atoms with van der Waals surface area (Å²) >= 11 is 0. The van der Waals surface area contributed by atoms with Gasteiger partial charge in [-0.3, -0.25) is 4.79 Å². The van der Waals surface area contributed by atoms with E-state index in [1.54, 1.807) is 11.0 Å². The zero-order valence-corrected chi connectivity index (χ0v) is 17.6. The van der Waals surface area contributed by atoms with Crippen LogP contribution in [-0.4, -0.2) is 40.5 Å². The molecule has 0 aromatic carbocycles. The average Bonchev–Trinajstić information content (AvgIpc) is 2.91. The van der Waals surface area contributed by atoms with Crippen molar-refractivity contribution in [2.24, 2.45) is 5.92 Å². The number of hydrogen-bond acceptors (Lipinski definition) is 4. The predicted molar refractivity (Wildman–Crippen MR) is 108 cm³/mol. The Morgan fingerprint density at radius 2 is 2.07 bits per heavy atom. The van der Waals surface area contributed by atoms with Crippen molar-refractivity contribution in [3.63, 3.8) is 0 Å². The summed E-state index contributed by atoms with van der Waals surface area (Å²) in [7, 11) is 0. The summed E-state index contributed by atoms with van der Waals surface area (Å²) in [6, 6.07) is 4.04. The number of amides is 1. The monoisotopic (exact) mass is 385 g/mol. The molecule has 0 radical (unpaired) electrons. The van der Waals surface area contributed by atoms with E-state index in [4.69, 9.17) is 4.74 Å². The van der Waals surface area contributed by atoms with Crippen LogP contribution in [0.1, 0.15) is 57.0 Å². The molecule has 1 unspecified atom stereocenters. The van der Waals surface area contributed by atoms with Gasteiger partial charge in [-0.2, -0.15) is 5.26 Å². The highest BCUT2D eigenvalue weighted by atomic mass is 16.5. The molecule has 2 heterocycles. The van der Waals surface area contributed by atoms with Gasteiger partial charge >= 0.3 is 5.97 Å². The second kappa shape index (κ2) is 9.59. The van der Waals surface area contributed by atoms with E-state index >= 15 is 0 Å². The van der Waals surface area contributed by atoms with E-state index in [1.807, 2.05) is 32.9 Å². The van der Waals surface area contributed by atoms with Crippen LogP contribution in [0.4, 0.5) is 0 Å². The van der Waals surface area contributed by atoms with E-state index in [-0.39, 0.29) is 24.1 Å². The Hall–Kier alpha value is -2.55. The fourth-order valence-electron chi connectivity index (χ4n) is 3.67. The molecule has 6 nitrogen and oxygen atoms in total. The first-order chi connectivity index (χ1) is 13.2. The maximum absolute atomic E-state index is 12.3. The van der Waals surface area contributed by atoms with Gasteiger partial charge < -0.3 is 14.2 Å². The molecule has 1 aromatic rings. The highest BCUT2D eigenvalue weighted by molar-refractivity contribution is 5.99. The van der Waals surface area contributed by atoms with Crippen molar-refractivity contribution in [2.45, 2.75) is 66.5 Å². The standard InChI is InChI=1S/C22H31N3O3/c1-15(2)13-25-17(4)10-19(18(25)5)11-20(12-23)22(27)28-14-21(26)24-9-7-6-8-16(24)3/h10-11,15-16H,6-9,13-14H2,1-5H3. The van der Waals surface area contributed by atoms with Gasteiger partial charge in [0.15, 0.2) is 6.61 Å². The van der Waals surface area contributed by atoms with Crippen molar-refractivity contribution in [3.8, 4) is 6.07 Å². The highest BCUT2D eigenvalue weighted by Crippen LogP contribution is 2.20. The fourth-order valence-corrected chi connectivity index (χ4v) is 3.67. The Labute approximate surface area is 167 Å². The van der Waals surface area contributed by atoms with Gasteiger partial charge in [0.25, 0.3) is 5.91 Å². The van der Waals surface area contributed by atoms with Crippen LogP contribution < -0.4 is 0 Å². The summed E-state index contributed by atoms with van der Waals surface area (Å²) in [6.07, 6.45) is 4.60. The minimum Gasteiger partial charge on any atom is -0.451 e. The van der Waals surface area contributed by atoms with E-state index in [1.165, 1.54) is 0 Å². The molecular formula is C22H31N3O3. The minimum absolute atomic E-state index is 0.0933. The van der Waals surface area contributed by atoms with E-state index in [2.05, 4.69) is 18.4 Å². The normalized spacial score (nSPS) is 17.5. The molecule has 0 spiro atoms. The number of nitriles is 1. The maximum atomic E-state index is 12.3. The van der Waals surface area contributed by atoms with Crippen LogP contribution in [0.3, 0.4) is 0 Å². The number of rotatable bonds is 6. The molecule has 1 aromatic heterocycles. The largest absolute Gasteiger partial charge is 0.451 e. The lowest BCUT2D eigenvalue weighted by Crippen LogP contribution is -2.44. The Morgan fingerprint density at radius 3 is 2.68 bits per heavy atom. The molecule has 6 heteroatoms. The topological polar surface area (TPSA) is 75.3 Å². The summed E-state index contributed by atoms with van der Waals surface area (Å²) in [5.41, 5.74) is 2.81. The van der Waals surface area contributed by atoms with E-state index in [0.29, 0.717) is 12.5 Å². The molecule has 2 rings (SSSR count). The molecule has 152 valence electrons.